The molecule has 1 aromatic carbocycles. The monoisotopic (exact) mass is 367 g/mol. The smallest absolute Gasteiger partial charge is 0.244 e. The molecule has 1 N–H and O–H groups in total. The van der Waals surface area contributed by atoms with Crippen LogP contribution >= 0.6 is 0 Å². The molecule has 0 spiro atoms. The van der Waals surface area contributed by atoms with Gasteiger partial charge in [0.2, 0.25) is 5.91 Å². The molecule has 0 aromatic heterocycles. The lowest BCUT2D eigenvalue weighted by Gasteiger charge is -2.34. The number of nitrogens with zero attached hydrogens (tertiary/aromatic N) is 2. The van der Waals surface area contributed by atoms with Crippen molar-refractivity contribution in [2.75, 3.05) is 11.9 Å². The Morgan fingerprint density at radius 1 is 1.26 bits per heavy atom. The van der Waals surface area contributed by atoms with Crippen molar-refractivity contribution in [1.82, 2.24) is 9.80 Å². The summed E-state index contributed by atoms with van der Waals surface area (Å²) in [6.07, 6.45) is 10.0. The second-order valence-electron chi connectivity index (χ2n) is 7.13. The fourth-order valence-corrected chi connectivity index (χ4v) is 4.11. The van der Waals surface area contributed by atoms with Crippen LogP contribution in [0, 0.1) is 11.7 Å². The summed E-state index contributed by atoms with van der Waals surface area (Å²) in [5, 5.41) is 2.63. The Bertz CT molecular complexity index is 874. The first-order chi connectivity index (χ1) is 13.1. The number of fused-ring (bicyclic) bond motifs is 2. The lowest BCUT2D eigenvalue weighted by molar-refractivity contribution is -0.119. The van der Waals surface area contributed by atoms with Crippen LogP contribution in [0.3, 0.4) is 0 Å². The van der Waals surface area contributed by atoms with E-state index < -0.39 is 5.82 Å². The predicted molar refractivity (Wildman–Crippen MR) is 101 cm³/mol. The van der Waals surface area contributed by atoms with Gasteiger partial charge in [0, 0.05) is 24.2 Å². The number of para-hydroxylation sites is 1. The van der Waals surface area contributed by atoms with Crippen LogP contribution in [0.25, 0.3) is 0 Å². The van der Waals surface area contributed by atoms with Gasteiger partial charge in [-0.05, 0) is 31.1 Å². The summed E-state index contributed by atoms with van der Waals surface area (Å²) in [4.78, 5) is 29.3. The highest BCUT2D eigenvalue weighted by Gasteiger charge is 2.44. The number of carbonyl (C=O) groups is 2. The first-order valence-electron chi connectivity index (χ1n) is 9.27. The van der Waals surface area contributed by atoms with Crippen molar-refractivity contribution in [2.24, 2.45) is 5.92 Å². The number of hydrogen-bond donors (Lipinski definition) is 1. The number of carbonyl (C=O) groups excluding carboxylic acids is 2. The Morgan fingerprint density at radius 3 is 2.89 bits per heavy atom. The zero-order chi connectivity index (χ0) is 19.0. The number of hydrogen-bond acceptors (Lipinski definition) is 4. The zero-order valence-electron chi connectivity index (χ0n) is 15.2. The van der Waals surface area contributed by atoms with Crippen molar-refractivity contribution in [3.63, 3.8) is 0 Å². The minimum absolute atomic E-state index is 0.00605. The van der Waals surface area contributed by atoms with Crippen molar-refractivity contribution in [2.45, 2.75) is 32.4 Å². The van der Waals surface area contributed by atoms with Gasteiger partial charge in [0.1, 0.15) is 17.7 Å². The van der Waals surface area contributed by atoms with Crippen LogP contribution in [0.15, 0.2) is 60.1 Å². The molecule has 0 fully saturated rings. The van der Waals surface area contributed by atoms with Gasteiger partial charge < -0.3 is 15.1 Å². The topological polar surface area (TPSA) is 52.7 Å². The molecule has 1 aliphatic carbocycles. The molecule has 0 saturated carbocycles. The molecular formula is C21H22FN3O2. The first kappa shape index (κ1) is 17.5. The van der Waals surface area contributed by atoms with Crippen LogP contribution in [0.2, 0.25) is 0 Å². The van der Waals surface area contributed by atoms with Crippen LogP contribution < -0.4 is 5.32 Å². The molecule has 2 aliphatic heterocycles. The first-order valence-corrected chi connectivity index (χ1v) is 9.27. The van der Waals surface area contributed by atoms with Gasteiger partial charge in [-0.3, -0.25) is 9.59 Å². The number of halogens is 1. The van der Waals surface area contributed by atoms with E-state index in [4.69, 9.17) is 0 Å². The standard InChI is InChI=1S/C21H22FN3O2/c1-14-7-4-5-12-24-17-10-6-11-18(26)20(17)25(21(14)24)13-19(27)23-16-9-3-2-8-15(16)22/h2-5,7-9,12,14,21H,6,10-11,13H2,1H3,(H,23,27). The van der Waals surface area contributed by atoms with E-state index in [9.17, 15) is 14.0 Å². The van der Waals surface area contributed by atoms with Gasteiger partial charge in [0.25, 0.3) is 0 Å². The Labute approximate surface area is 157 Å². The largest absolute Gasteiger partial charge is 0.337 e. The van der Waals surface area contributed by atoms with Crippen molar-refractivity contribution >= 4 is 17.4 Å². The van der Waals surface area contributed by atoms with Crippen molar-refractivity contribution in [3.8, 4) is 0 Å². The molecular weight excluding hydrogens is 345 g/mol. The van der Waals surface area contributed by atoms with Gasteiger partial charge in [-0.15, -0.1) is 0 Å². The van der Waals surface area contributed by atoms with Gasteiger partial charge in [-0.1, -0.05) is 31.2 Å². The highest BCUT2D eigenvalue weighted by Crippen LogP contribution is 2.40. The van der Waals surface area contributed by atoms with E-state index >= 15 is 0 Å². The summed E-state index contributed by atoms with van der Waals surface area (Å²) >= 11 is 0. The number of amides is 1. The average molecular weight is 367 g/mol. The third-order valence-electron chi connectivity index (χ3n) is 5.26. The molecule has 1 amide bonds. The molecule has 3 aliphatic rings. The summed E-state index contributed by atoms with van der Waals surface area (Å²) in [6, 6.07) is 6.08. The molecule has 2 heterocycles. The summed E-state index contributed by atoms with van der Waals surface area (Å²) < 4.78 is 13.9. The van der Waals surface area contributed by atoms with E-state index in [1.807, 2.05) is 23.3 Å². The highest BCUT2D eigenvalue weighted by atomic mass is 19.1. The number of ketones is 1. The normalized spacial score (nSPS) is 24.0. The number of Topliss-reactive ketones (excluding diaryl/α,β-unsaturated/α-hetero) is 1. The summed E-state index contributed by atoms with van der Waals surface area (Å²) in [5.74, 6) is -0.611. The Balaban J connectivity index is 1.63. The van der Waals surface area contributed by atoms with Crippen molar-refractivity contribution in [1.29, 1.82) is 0 Å². The van der Waals surface area contributed by atoms with E-state index in [1.54, 1.807) is 12.1 Å². The Hall–Kier alpha value is -2.89. The summed E-state index contributed by atoms with van der Waals surface area (Å²) in [5.41, 5.74) is 1.78. The molecule has 2 atom stereocenters. The van der Waals surface area contributed by atoms with Crippen LogP contribution in [-0.2, 0) is 9.59 Å². The van der Waals surface area contributed by atoms with E-state index in [2.05, 4.69) is 23.2 Å². The van der Waals surface area contributed by atoms with E-state index in [-0.39, 0.29) is 36.0 Å². The predicted octanol–water partition coefficient (Wildman–Crippen LogP) is 3.39. The molecule has 6 heteroatoms. The number of benzene rings is 1. The van der Waals surface area contributed by atoms with Crippen LogP contribution in [0.4, 0.5) is 10.1 Å². The molecule has 1 aromatic rings. The number of nitrogens with one attached hydrogen (secondary N) is 1. The molecule has 5 nitrogen and oxygen atoms in total. The van der Waals surface area contributed by atoms with Gasteiger partial charge in [0.15, 0.2) is 5.78 Å². The van der Waals surface area contributed by atoms with Crippen LogP contribution in [0.5, 0.6) is 0 Å². The van der Waals surface area contributed by atoms with Gasteiger partial charge in [-0.2, -0.15) is 0 Å². The summed E-state index contributed by atoms with van der Waals surface area (Å²) in [6.45, 7) is 2.08. The maximum absolute atomic E-state index is 13.9. The molecule has 27 heavy (non-hydrogen) atoms. The van der Waals surface area contributed by atoms with Gasteiger partial charge in [0.05, 0.1) is 12.2 Å². The third-order valence-corrected chi connectivity index (χ3v) is 5.26. The zero-order valence-corrected chi connectivity index (χ0v) is 15.2. The quantitative estimate of drug-likeness (QED) is 0.890. The lowest BCUT2D eigenvalue weighted by Crippen LogP contribution is -2.46. The second-order valence-corrected chi connectivity index (χ2v) is 7.13. The van der Waals surface area contributed by atoms with Crippen molar-refractivity contribution < 1.29 is 14.0 Å². The van der Waals surface area contributed by atoms with E-state index in [0.717, 1.165) is 18.5 Å². The molecule has 0 radical (unpaired) electrons. The maximum atomic E-state index is 13.9. The fourth-order valence-electron chi connectivity index (χ4n) is 4.11. The Morgan fingerprint density at radius 2 is 2.07 bits per heavy atom. The van der Waals surface area contributed by atoms with Crippen LogP contribution in [0.1, 0.15) is 26.2 Å². The van der Waals surface area contributed by atoms with Crippen LogP contribution in [-0.4, -0.2) is 34.2 Å². The molecule has 0 bridgehead atoms. The van der Waals surface area contributed by atoms with E-state index in [0.29, 0.717) is 12.1 Å². The average Bonchev–Trinajstić information content (AvgIpc) is 2.81. The SMILES string of the molecule is CC1C=CC=CN2C3=C(C(=O)CCC3)N(CC(=O)Nc3ccccc3F)C12. The molecule has 0 saturated heterocycles. The number of rotatable bonds is 3. The molecule has 140 valence electrons. The summed E-state index contributed by atoms with van der Waals surface area (Å²) in [7, 11) is 0. The number of anilines is 1. The highest BCUT2D eigenvalue weighted by molar-refractivity contribution is 5.99. The minimum atomic E-state index is -0.476. The molecule has 4 rings (SSSR count). The third kappa shape index (κ3) is 3.16. The van der Waals surface area contributed by atoms with Gasteiger partial charge in [-0.25, -0.2) is 4.39 Å². The minimum Gasteiger partial charge on any atom is -0.337 e. The maximum Gasteiger partial charge on any atom is 0.244 e. The molecule has 2 unspecified atom stereocenters. The van der Waals surface area contributed by atoms with E-state index in [1.165, 1.54) is 12.1 Å². The van der Waals surface area contributed by atoms with Gasteiger partial charge >= 0.3 is 0 Å². The lowest BCUT2D eigenvalue weighted by atomic mass is 10.00. The number of allylic oxidation sites excluding steroid dienone is 4. The second kappa shape index (κ2) is 7.02. The fraction of sp³-hybridized carbons (Fsp3) is 0.333. The van der Waals surface area contributed by atoms with Crippen molar-refractivity contribution in [3.05, 3.63) is 65.9 Å². The Kier molecular flexibility index (Phi) is 4.56.